The Morgan fingerprint density at radius 2 is 1.17 bits per heavy atom. The molecule has 162 valence electrons. The predicted octanol–water partition coefficient (Wildman–Crippen LogP) is 6.10. The molecule has 0 radical (unpaired) electrons. The quantitative estimate of drug-likeness (QED) is 0.635. The van der Waals surface area contributed by atoms with E-state index in [1.165, 1.54) is 81.9 Å². The summed E-state index contributed by atoms with van der Waals surface area (Å²) in [6, 6.07) is 0. The second-order valence-corrected chi connectivity index (χ2v) is 13.7. The lowest BCUT2D eigenvalue weighted by atomic mass is 9.36. The van der Waals surface area contributed by atoms with Crippen LogP contribution >= 0.6 is 11.3 Å². The Morgan fingerprint density at radius 3 is 1.60 bits per heavy atom. The van der Waals surface area contributed by atoms with E-state index in [1.807, 2.05) is 0 Å². The van der Waals surface area contributed by atoms with Crippen molar-refractivity contribution in [3.8, 4) is 11.5 Å². The Bertz CT molecular complexity index is 786. The number of rotatable bonds is 3. The summed E-state index contributed by atoms with van der Waals surface area (Å²) in [7, 11) is 0. The van der Waals surface area contributed by atoms with Crippen LogP contribution in [0.5, 0.6) is 11.5 Å². The minimum absolute atomic E-state index is 0.0675. The molecule has 8 fully saturated rings. The summed E-state index contributed by atoms with van der Waals surface area (Å²) in [6.45, 7) is 0.322. The van der Waals surface area contributed by atoms with E-state index in [0.717, 1.165) is 47.0 Å². The van der Waals surface area contributed by atoms with Crippen LogP contribution < -0.4 is 9.47 Å². The zero-order valence-corrected chi connectivity index (χ0v) is 18.7. The number of hydrogen-bond donors (Lipinski definition) is 1. The molecule has 0 atom stereocenters. The molecule has 30 heavy (non-hydrogen) atoms. The molecule has 1 aliphatic heterocycles. The Hall–Kier alpha value is -0.740. The molecule has 1 aromatic heterocycles. The highest BCUT2D eigenvalue weighted by molar-refractivity contribution is 7.10. The highest BCUT2D eigenvalue weighted by Crippen LogP contribution is 2.76. The number of ether oxygens (including phenoxy) is 2. The van der Waals surface area contributed by atoms with Crippen molar-refractivity contribution in [2.45, 2.75) is 82.7 Å². The Balaban J connectivity index is 1.35. The van der Waals surface area contributed by atoms with Gasteiger partial charge in [0, 0.05) is 16.2 Å². The fourth-order valence-corrected chi connectivity index (χ4v) is 12.4. The topological polar surface area (TPSA) is 38.7 Å². The highest BCUT2D eigenvalue weighted by atomic mass is 32.1. The van der Waals surface area contributed by atoms with Crippen LogP contribution in [-0.2, 0) is 5.60 Å². The van der Waals surface area contributed by atoms with Crippen molar-refractivity contribution in [3.63, 3.8) is 0 Å². The molecule has 8 bridgehead atoms. The highest BCUT2D eigenvalue weighted by Gasteiger charge is 2.71. The largest absolute Gasteiger partial charge is 0.453 e. The molecule has 8 aliphatic carbocycles. The van der Waals surface area contributed by atoms with Gasteiger partial charge in [0.05, 0.1) is 4.88 Å². The first kappa shape index (κ1) is 17.8. The lowest BCUT2D eigenvalue weighted by molar-refractivity contribution is -0.276. The molecule has 0 spiro atoms. The van der Waals surface area contributed by atoms with E-state index in [1.54, 1.807) is 11.3 Å². The van der Waals surface area contributed by atoms with Gasteiger partial charge in [-0.25, -0.2) is 0 Å². The van der Waals surface area contributed by atoms with Crippen LogP contribution in [0.15, 0.2) is 5.38 Å². The molecular formula is C26H34O3S. The average molecular weight is 427 g/mol. The zero-order chi connectivity index (χ0) is 19.7. The van der Waals surface area contributed by atoms with Gasteiger partial charge in [0.1, 0.15) is 5.60 Å². The second kappa shape index (κ2) is 5.60. The molecule has 0 amide bonds. The van der Waals surface area contributed by atoms with Crippen LogP contribution in [0.2, 0.25) is 0 Å². The monoisotopic (exact) mass is 426 g/mol. The molecule has 8 saturated carbocycles. The van der Waals surface area contributed by atoms with E-state index in [-0.39, 0.29) is 10.8 Å². The minimum Gasteiger partial charge on any atom is -0.453 e. The standard InChI is InChI=1S/C26H34O3S/c27-26(23-22-21(13-30-23)28-14-29-22,24-7-15-1-16(8-24)3-17(2-15)9-24)25-10-18-4-19(11-25)6-20(5-18)12-25/h13,15-20,27H,1-12,14H2. The summed E-state index contributed by atoms with van der Waals surface area (Å²) in [5.41, 5.74) is -0.589. The summed E-state index contributed by atoms with van der Waals surface area (Å²) in [6.07, 6.45) is 16.1. The maximum Gasteiger partial charge on any atom is 0.231 e. The summed E-state index contributed by atoms with van der Waals surface area (Å²) < 4.78 is 11.9. The summed E-state index contributed by atoms with van der Waals surface area (Å²) in [5, 5.41) is 15.6. The molecule has 0 saturated heterocycles. The fourth-order valence-electron chi connectivity index (χ4n) is 11.1. The van der Waals surface area contributed by atoms with Crippen LogP contribution in [-0.4, -0.2) is 11.9 Å². The molecule has 9 aliphatic rings. The van der Waals surface area contributed by atoms with Gasteiger partial charge in [0.15, 0.2) is 11.5 Å². The van der Waals surface area contributed by atoms with Crippen molar-refractivity contribution in [2.75, 3.05) is 6.79 Å². The molecule has 4 heteroatoms. The van der Waals surface area contributed by atoms with Crippen molar-refractivity contribution < 1.29 is 14.6 Å². The predicted molar refractivity (Wildman–Crippen MR) is 116 cm³/mol. The van der Waals surface area contributed by atoms with Gasteiger partial charge in [-0.1, -0.05) is 0 Å². The summed E-state index contributed by atoms with van der Waals surface area (Å²) >= 11 is 1.76. The normalized spacial score (nSPS) is 51.5. The molecule has 0 unspecified atom stereocenters. The first-order valence-electron chi connectivity index (χ1n) is 12.7. The summed E-state index contributed by atoms with van der Waals surface area (Å²) in [4.78, 5) is 1.17. The Kier molecular flexibility index (Phi) is 3.32. The second-order valence-electron chi connectivity index (χ2n) is 12.8. The van der Waals surface area contributed by atoms with Gasteiger partial charge in [-0.05, 0) is 113 Å². The van der Waals surface area contributed by atoms with Gasteiger partial charge in [-0.3, -0.25) is 0 Å². The first-order valence-corrected chi connectivity index (χ1v) is 13.5. The molecule has 0 aromatic carbocycles. The van der Waals surface area contributed by atoms with E-state index in [4.69, 9.17) is 9.47 Å². The van der Waals surface area contributed by atoms with Crippen molar-refractivity contribution in [1.29, 1.82) is 0 Å². The maximum absolute atomic E-state index is 13.4. The Morgan fingerprint density at radius 1 is 0.733 bits per heavy atom. The van der Waals surface area contributed by atoms with E-state index < -0.39 is 5.60 Å². The van der Waals surface area contributed by atoms with Crippen molar-refractivity contribution in [2.24, 2.45) is 46.3 Å². The van der Waals surface area contributed by atoms with Crippen LogP contribution in [0.4, 0.5) is 0 Å². The third kappa shape index (κ3) is 2.03. The lowest BCUT2D eigenvalue weighted by Crippen LogP contribution is -2.66. The number of fused-ring (bicyclic) bond motifs is 1. The lowest BCUT2D eigenvalue weighted by Gasteiger charge is -2.70. The van der Waals surface area contributed by atoms with Gasteiger partial charge in [0.25, 0.3) is 0 Å². The van der Waals surface area contributed by atoms with Gasteiger partial charge in [-0.15, -0.1) is 11.3 Å². The van der Waals surface area contributed by atoms with Crippen LogP contribution in [0.3, 0.4) is 0 Å². The van der Waals surface area contributed by atoms with Crippen LogP contribution in [0.1, 0.15) is 81.9 Å². The molecule has 2 heterocycles. The molecule has 10 rings (SSSR count). The molecular weight excluding hydrogens is 392 g/mol. The van der Waals surface area contributed by atoms with E-state index in [2.05, 4.69) is 5.38 Å². The van der Waals surface area contributed by atoms with Gasteiger partial charge in [-0.2, -0.15) is 0 Å². The molecule has 1 aromatic rings. The smallest absolute Gasteiger partial charge is 0.231 e. The van der Waals surface area contributed by atoms with Gasteiger partial charge in [0.2, 0.25) is 6.79 Å². The Labute approximate surface area is 183 Å². The van der Waals surface area contributed by atoms with Crippen molar-refractivity contribution >= 4 is 11.3 Å². The fraction of sp³-hybridized carbons (Fsp3) is 0.846. The van der Waals surface area contributed by atoms with Crippen LogP contribution in [0, 0.1) is 46.3 Å². The maximum atomic E-state index is 13.4. The number of thiophene rings is 1. The minimum atomic E-state index is -0.724. The SMILES string of the molecule is OC(c1scc2c1OCO2)(C12CC3CC(CC(C3)C1)C2)C12CC3CC(CC(C3)C1)C2. The van der Waals surface area contributed by atoms with Gasteiger partial charge < -0.3 is 14.6 Å². The van der Waals surface area contributed by atoms with Gasteiger partial charge >= 0.3 is 0 Å². The number of hydrogen-bond acceptors (Lipinski definition) is 4. The molecule has 3 nitrogen and oxygen atoms in total. The van der Waals surface area contributed by atoms with E-state index >= 15 is 0 Å². The molecule has 1 N–H and O–H groups in total. The number of aliphatic hydroxyl groups is 1. The average Bonchev–Trinajstić information content (AvgIpc) is 3.29. The van der Waals surface area contributed by atoms with Crippen LogP contribution in [0.25, 0.3) is 0 Å². The third-order valence-corrected chi connectivity index (χ3v) is 12.1. The summed E-state index contributed by atoms with van der Waals surface area (Å²) in [5.74, 6) is 6.90. The third-order valence-electron chi connectivity index (χ3n) is 11.1. The first-order chi connectivity index (χ1) is 14.6. The van der Waals surface area contributed by atoms with Crippen molar-refractivity contribution in [1.82, 2.24) is 0 Å². The van der Waals surface area contributed by atoms with E-state index in [9.17, 15) is 5.11 Å². The zero-order valence-electron chi connectivity index (χ0n) is 17.9. The van der Waals surface area contributed by atoms with Crippen molar-refractivity contribution in [3.05, 3.63) is 10.3 Å². The van der Waals surface area contributed by atoms with E-state index in [0.29, 0.717) is 6.79 Å².